The van der Waals surface area contributed by atoms with Crippen LogP contribution in [-0.4, -0.2) is 0 Å². The first-order chi connectivity index (χ1) is 30.2. The topological polar surface area (TPSA) is 3.24 Å². The molecule has 4 fully saturated rings. The van der Waals surface area contributed by atoms with Gasteiger partial charge in [-0.05, 0) is 165 Å². The van der Waals surface area contributed by atoms with Gasteiger partial charge in [-0.1, -0.05) is 161 Å². The first-order valence-corrected chi connectivity index (χ1v) is 24.0. The van der Waals surface area contributed by atoms with Gasteiger partial charge in [-0.25, -0.2) is 0 Å². The molecule has 1 heteroatoms. The number of fused-ring (bicyclic) bond motifs is 12. The molecule has 62 heavy (non-hydrogen) atoms. The second-order valence-electron chi connectivity index (χ2n) is 22.3. The smallest absolute Gasteiger partial charge is 0.0714 e. The Morgan fingerprint density at radius 2 is 1.18 bits per heavy atom. The van der Waals surface area contributed by atoms with Crippen LogP contribution in [0.4, 0.5) is 17.1 Å². The zero-order valence-corrected chi connectivity index (χ0v) is 36.7. The first kappa shape index (κ1) is 36.1. The molecule has 6 aromatic carbocycles. The van der Waals surface area contributed by atoms with Crippen molar-refractivity contribution in [1.29, 1.82) is 0 Å². The minimum absolute atomic E-state index is 0.0900. The highest BCUT2D eigenvalue weighted by Crippen LogP contribution is 2.90. The Kier molecular flexibility index (Phi) is 6.98. The third kappa shape index (κ3) is 4.14. The number of hydrogen-bond acceptors (Lipinski definition) is 1. The van der Waals surface area contributed by atoms with E-state index in [2.05, 4.69) is 196 Å². The van der Waals surface area contributed by atoms with Crippen molar-refractivity contribution >= 4 is 17.1 Å². The second kappa shape index (κ2) is 12.0. The maximum atomic E-state index is 2.75. The molecular formula is C61H57N. The molecule has 8 atom stereocenters. The van der Waals surface area contributed by atoms with Crippen LogP contribution in [0.2, 0.25) is 0 Å². The van der Waals surface area contributed by atoms with Crippen LogP contribution in [0.3, 0.4) is 0 Å². The highest BCUT2D eigenvalue weighted by Gasteiger charge is 2.85. The van der Waals surface area contributed by atoms with E-state index in [9.17, 15) is 0 Å². The lowest BCUT2D eigenvalue weighted by atomic mass is 9.26. The van der Waals surface area contributed by atoms with Crippen molar-refractivity contribution in [2.75, 3.05) is 4.90 Å². The molecule has 0 N–H and O–H groups in total. The van der Waals surface area contributed by atoms with E-state index in [-0.39, 0.29) is 16.2 Å². The third-order valence-electron chi connectivity index (χ3n) is 19.2. The summed E-state index contributed by atoms with van der Waals surface area (Å²) in [5.74, 6) is 4.63. The number of rotatable bonds is 5. The van der Waals surface area contributed by atoms with Crippen LogP contribution in [0.15, 0.2) is 164 Å². The number of nitrogens with zero attached hydrogens (tertiary/aromatic N) is 1. The molecule has 0 aromatic heterocycles. The van der Waals surface area contributed by atoms with Gasteiger partial charge in [-0.15, -0.1) is 0 Å². The summed E-state index contributed by atoms with van der Waals surface area (Å²) in [5, 5.41) is 0. The molecule has 0 radical (unpaired) electrons. The summed E-state index contributed by atoms with van der Waals surface area (Å²) in [4.78, 5) is 2.71. The third-order valence-corrected chi connectivity index (χ3v) is 19.2. The number of anilines is 3. The Morgan fingerprint density at radius 1 is 0.532 bits per heavy atom. The standard InChI is InChI=1S/C61H57N/c1-57(2)30-31-58(3,4)52-36-43(27-29-49(52)57)62(42-26-28-45-44-20-11-13-22-47(44)61(51(45)35-42)54-33-38-32-41-34-55(61)59(41,54)37-38)53-25-15-24-50-56(53)46-21-12-14-23-48(46)60(50,39-16-7-5-8-17-39)40-18-9-6-10-19-40/h5-29,35-36,38,41,44,47,54-55H,30-34,37H2,1-4H3. The van der Waals surface area contributed by atoms with Gasteiger partial charge in [0.15, 0.2) is 0 Å². The Labute approximate surface area is 368 Å². The van der Waals surface area contributed by atoms with E-state index < -0.39 is 5.41 Å². The van der Waals surface area contributed by atoms with Gasteiger partial charge < -0.3 is 4.90 Å². The summed E-state index contributed by atoms with van der Waals surface area (Å²) < 4.78 is 0. The molecule has 8 unspecified atom stereocenters. The molecular weight excluding hydrogens is 747 g/mol. The fourth-order valence-electron chi connectivity index (χ4n) is 16.8. The lowest BCUT2D eigenvalue weighted by Gasteiger charge is -2.78. The summed E-state index contributed by atoms with van der Waals surface area (Å²) in [6, 6.07) is 54.6. The molecule has 2 bridgehead atoms. The number of benzene rings is 6. The Balaban J connectivity index is 1.04. The van der Waals surface area contributed by atoms with E-state index >= 15 is 0 Å². The highest BCUT2D eigenvalue weighted by molar-refractivity contribution is 5.97. The molecule has 14 rings (SSSR count). The highest BCUT2D eigenvalue weighted by atomic mass is 15.1. The molecule has 0 amide bonds. The van der Waals surface area contributed by atoms with Gasteiger partial charge in [-0.3, -0.25) is 0 Å². The number of allylic oxidation sites excluding steroid dienone is 4. The molecule has 2 spiro atoms. The average Bonchev–Trinajstić information content (AvgIpc) is 4.01. The summed E-state index contributed by atoms with van der Waals surface area (Å²) in [6.45, 7) is 9.88. The molecule has 0 saturated heterocycles. The first-order valence-electron chi connectivity index (χ1n) is 24.0. The van der Waals surface area contributed by atoms with Crippen molar-refractivity contribution in [1.82, 2.24) is 0 Å². The summed E-state index contributed by atoms with van der Waals surface area (Å²) in [6.07, 6.45) is 18.3. The quantitative estimate of drug-likeness (QED) is 0.168. The second-order valence-corrected chi connectivity index (χ2v) is 22.3. The van der Waals surface area contributed by atoms with Crippen molar-refractivity contribution in [3.63, 3.8) is 0 Å². The van der Waals surface area contributed by atoms with Crippen LogP contribution in [-0.2, 0) is 21.7 Å². The van der Waals surface area contributed by atoms with Gasteiger partial charge in [0.05, 0.1) is 11.1 Å². The average molecular weight is 804 g/mol. The minimum atomic E-state index is -0.461. The molecule has 8 aliphatic rings. The van der Waals surface area contributed by atoms with Gasteiger partial charge >= 0.3 is 0 Å². The van der Waals surface area contributed by atoms with Crippen molar-refractivity contribution in [3.8, 4) is 11.1 Å². The maximum absolute atomic E-state index is 2.75. The van der Waals surface area contributed by atoms with E-state index in [0.717, 1.165) is 23.7 Å². The van der Waals surface area contributed by atoms with Crippen LogP contribution in [0.1, 0.15) is 117 Å². The molecule has 6 aromatic rings. The normalized spacial score (nSPS) is 31.9. The maximum Gasteiger partial charge on any atom is 0.0714 e. The molecule has 4 saturated carbocycles. The predicted octanol–water partition coefficient (Wildman–Crippen LogP) is 15.0. The van der Waals surface area contributed by atoms with Crippen molar-refractivity contribution in [2.24, 2.45) is 35.0 Å². The summed E-state index contributed by atoms with van der Waals surface area (Å²) in [7, 11) is 0. The molecule has 8 aliphatic carbocycles. The minimum Gasteiger partial charge on any atom is -0.310 e. The molecule has 0 aliphatic heterocycles. The van der Waals surface area contributed by atoms with Gasteiger partial charge in [-0.2, -0.15) is 0 Å². The molecule has 306 valence electrons. The van der Waals surface area contributed by atoms with Crippen LogP contribution in [0, 0.1) is 35.0 Å². The van der Waals surface area contributed by atoms with Crippen molar-refractivity contribution < 1.29 is 0 Å². The zero-order valence-electron chi connectivity index (χ0n) is 36.7. The monoisotopic (exact) mass is 803 g/mol. The zero-order chi connectivity index (χ0) is 41.4. The van der Waals surface area contributed by atoms with E-state index in [1.54, 1.807) is 11.1 Å². The Hall–Kier alpha value is -5.40. The van der Waals surface area contributed by atoms with E-state index in [0.29, 0.717) is 17.3 Å². The lowest BCUT2D eigenvalue weighted by Crippen LogP contribution is -2.75. The molecule has 0 heterocycles. The number of hydrogen-bond donors (Lipinski definition) is 0. The van der Waals surface area contributed by atoms with Crippen molar-refractivity contribution in [2.45, 2.75) is 93.8 Å². The van der Waals surface area contributed by atoms with Gasteiger partial charge in [0.2, 0.25) is 0 Å². The van der Waals surface area contributed by atoms with Gasteiger partial charge in [0, 0.05) is 28.3 Å². The largest absolute Gasteiger partial charge is 0.310 e. The Morgan fingerprint density at radius 3 is 1.94 bits per heavy atom. The SMILES string of the molecule is CC1(C)CCC(C)(C)c2cc(N(c3ccc4c(c3)C3(C5C=CC=CC45)C4CC5CC6CC3C64C5)c3cccc4c3-c3ccccc3C4(c3ccccc3)c3ccccc3)ccc21. The summed E-state index contributed by atoms with van der Waals surface area (Å²) >= 11 is 0. The van der Waals surface area contributed by atoms with Crippen LogP contribution in [0.5, 0.6) is 0 Å². The fraction of sp³-hybridized carbons (Fsp3) is 0.344. The fourth-order valence-corrected chi connectivity index (χ4v) is 16.8. The van der Waals surface area contributed by atoms with Crippen molar-refractivity contribution in [3.05, 3.63) is 208 Å². The van der Waals surface area contributed by atoms with Crippen LogP contribution in [0.25, 0.3) is 11.1 Å². The van der Waals surface area contributed by atoms with Crippen LogP contribution < -0.4 is 4.90 Å². The molecule has 1 nitrogen and oxygen atoms in total. The van der Waals surface area contributed by atoms with E-state index in [1.807, 2.05) is 0 Å². The van der Waals surface area contributed by atoms with Crippen LogP contribution >= 0.6 is 0 Å². The van der Waals surface area contributed by atoms with Gasteiger partial charge in [0.25, 0.3) is 0 Å². The van der Waals surface area contributed by atoms with Gasteiger partial charge in [0.1, 0.15) is 0 Å². The predicted molar refractivity (Wildman–Crippen MR) is 255 cm³/mol. The lowest BCUT2D eigenvalue weighted by molar-refractivity contribution is -0.259. The van der Waals surface area contributed by atoms with E-state index in [1.165, 1.54) is 100 Å². The van der Waals surface area contributed by atoms with E-state index in [4.69, 9.17) is 0 Å². The Bertz CT molecular complexity index is 2890. The summed E-state index contributed by atoms with van der Waals surface area (Å²) in [5.41, 5.74) is 18.8.